The average Bonchev–Trinajstić information content (AvgIpc) is 2.26. The van der Waals surface area contributed by atoms with E-state index in [4.69, 9.17) is 9.84 Å². The number of carboxylic acids is 1. The molecule has 1 aromatic carbocycles. The van der Waals surface area contributed by atoms with Crippen LogP contribution in [0.3, 0.4) is 0 Å². The Morgan fingerprint density at radius 3 is 2.71 bits per heavy atom. The lowest BCUT2D eigenvalue weighted by molar-refractivity contribution is -0.138. The van der Waals surface area contributed by atoms with Crippen molar-refractivity contribution in [2.45, 2.75) is 24.3 Å². The molecule has 0 aromatic heterocycles. The maximum absolute atomic E-state index is 11.0. The molecule has 0 aliphatic rings. The SMILES string of the molecule is COc1ccc(Br)cc1CSC(C)(C)C(=O)O. The third-order valence-corrected chi connectivity index (χ3v) is 4.19. The lowest BCUT2D eigenvalue weighted by atomic mass is 10.2. The van der Waals surface area contributed by atoms with Crippen molar-refractivity contribution in [3.05, 3.63) is 28.2 Å². The highest BCUT2D eigenvalue weighted by Gasteiger charge is 2.27. The summed E-state index contributed by atoms with van der Waals surface area (Å²) >= 11 is 4.77. The Morgan fingerprint density at radius 2 is 2.18 bits per heavy atom. The molecule has 5 heteroatoms. The van der Waals surface area contributed by atoms with Crippen molar-refractivity contribution in [3.8, 4) is 5.75 Å². The van der Waals surface area contributed by atoms with Gasteiger partial charge in [-0.05, 0) is 32.0 Å². The summed E-state index contributed by atoms with van der Waals surface area (Å²) < 4.78 is 5.41. The highest BCUT2D eigenvalue weighted by molar-refractivity contribution is 9.10. The quantitative estimate of drug-likeness (QED) is 0.901. The molecule has 17 heavy (non-hydrogen) atoms. The molecule has 1 aromatic rings. The fourth-order valence-electron chi connectivity index (χ4n) is 1.18. The van der Waals surface area contributed by atoms with E-state index in [1.165, 1.54) is 11.8 Å². The topological polar surface area (TPSA) is 46.5 Å². The van der Waals surface area contributed by atoms with Gasteiger partial charge >= 0.3 is 5.97 Å². The van der Waals surface area contributed by atoms with Crippen LogP contribution < -0.4 is 4.74 Å². The van der Waals surface area contributed by atoms with E-state index in [2.05, 4.69) is 15.9 Å². The van der Waals surface area contributed by atoms with Crippen LogP contribution in [0.1, 0.15) is 19.4 Å². The van der Waals surface area contributed by atoms with E-state index in [9.17, 15) is 4.79 Å². The molecule has 0 atom stereocenters. The molecule has 0 saturated carbocycles. The maximum atomic E-state index is 11.0. The van der Waals surface area contributed by atoms with Crippen molar-refractivity contribution in [1.82, 2.24) is 0 Å². The summed E-state index contributed by atoms with van der Waals surface area (Å²) in [7, 11) is 1.61. The Kier molecular flexibility index (Phi) is 4.89. The number of carboxylic acid groups (broad SMARTS) is 1. The number of halogens is 1. The van der Waals surface area contributed by atoms with Gasteiger partial charge in [-0.25, -0.2) is 0 Å². The molecule has 0 bridgehead atoms. The van der Waals surface area contributed by atoms with Gasteiger partial charge in [0, 0.05) is 15.8 Å². The number of aliphatic carboxylic acids is 1. The molecular formula is C12H15BrO3S. The number of ether oxygens (including phenoxy) is 1. The van der Waals surface area contributed by atoms with E-state index in [-0.39, 0.29) is 0 Å². The minimum atomic E-state index is -0.809. The zero-order valence-corrected chi connectivity index (χ0v) is 12.4. The van der Waals surface area contributed by atoms with Gasteiger partial charge in [-0.1, -0.05) is 15.9 Å². The van der Waals surface area contributed by atoms with Crippen LogP contribution >= 0.6 is 27.7 Å². The summed E-state index contributed by atoms with van der Waals surface area (Å²) in [5.74, 6) is 0.570. The van der Waals surface area contributed by atoms with Crippen molar-refractivity contribution in [1.29, 1.82) is 0 Å². The molecule has 0 radical (unpaired) electrons. The highest BCUT2D eigenvalue weighted by atomic mass is 79.9. The molecule has 1 rings (SSSR count). The average molecular weight is 319 g/mol. The smallest absolute Gasteiger partial charge is 0.319 e. The molecule has 0 aliphatic carbocycles. The first-order valence-corrected chi connectivity index (χ1v) is 6.84. The van der Waals surface area contributed by atoms with Crippen molar-refractivity contribution < 1.29 is 14.6 Å². The Labute approximate surface area is 114 Å². The molecule has 1 N–H and O–H groups in total. The van der Waals surface area contributed by atoms with E-state index >= 15 is 0 Å². The Morgan fingerprint density at radius 1 is 1.53 bits per heavy atom. The monoisotopic (exact) mass is 318 g/mol. The predicted molar refractivity (Wildman–Crippen MR) is 73.7 cm³/mol. The first kappa shape index (κ1) is 14.4. The third kappa shape index (κ3) is 3.92. The van der Waals surface area contributed by atoms with Crippen molar-refractivity contribution >= 4 is 33.7 Å². The van der Waals surface area contributed by atoms with E-state index in [0.29, 0.717) is 5.75 Å². The van der Waals surface area contributed by atoms with Crippen molar-refractivity contribution in [2.24, 2.45) is 0 Å². The van der Waals surface area contributed by atoms with Gasteiger partial charge in [0.1, 0.15) is 10.5 Å². The van der Waals surface area contributed by atoms with Crippen molar-refractivity contribution in [3.63, 3.8) is 0 Å². The standard InChI is InChI=1S/C12H15BrO3S/c1-12(2,11(14)15)17-7-8-6-9(13)4-5-10(8)16-3/h4-6H,7H2,1-3H3,(H,14,15). The zero-order valence-electron chi connectivity index (χ0n) is 9.99. The second kappa shape index (κ2) is 5.78. The second-order valence-corrected chi connectivity index (χ2v) is 6.57. The number of hydrogen-bond acceptors (Lipinski definition) is 3. The van der Waals surface area contributed by atoms with Gasteiger partial charge in [-0.2, -0.15) is 0 Å². The Hall–Kier alpha value is -0.680. The van der Waals surface area contributed by atoms with Crippen LogP contribution in [-0.2, 0) is 10.5 Å². The Balaban J connectivity index is 2.81. The second-order valence-electron chi connectivity index (χ2n) is 4.06. The molecule has 94 valence electrons. The number of methoxy groups -OCH3 is 1. The lowest BCUT2D eigenvalue weighted by Crippen LogP contribution is -2.27. The highest BCUT2D eigenvalue weighted by Crippen LogP contribution is 2.33. The van der Waals surface area contributed by atoms with Gasteiger partial charge < -0.3 is 9.84 Å². The molecule has 0 aliphatic heterocycles. The number of rotatable bonds is 5. The summed E-state index contributed by atoms with van der Waals surface area (Å²) in [5, 5.41) is 9.04. The molecule has 0 spiro atoms. The minimum absolute atomic E-state index is 0.599. The summed E-state index contributed by atoms with van der Waals surface area (Å²) in [6, 6.07) is 5.72. The third-order valence-electron chi connectivity index (χ3n) is 2.35. The maximum Gasteiger partial charge on any atom is 0.319 e. The van der Waals surface area contributed by atoms with Gasteiger partial charge in [-0.3, -0.25) is 4.79 Å². The molecule has 0 fully saturated rings. The van der Waals surface area contributed by atoms with Gasteiger partial charge in [-0.15, -0.1) is 11.8 Å². The zero-order chi connectivity index (χ0) is 13.1. The van der Waals surface area contributed by atoms with Gasteiger partial charge in [0.15, 0.2) is 0 Å². The van der Waals surface area contributed by atoms with Crippen LogP contribution in [0.15, 0.2) is 22.7 Å². The van der Waals surface area contributed by atoms with Crippen LogP contribution in [0, 0.1) is 0 Å². The van der Waals surface area contributed by atoms with Gasteiger partial charge in [0.25, 0.3) is 0 Å². The van der Waals surface area contributed by atoms with Crippen LogP contribution in [0.5, 0.6) is 5.75 Å². The number of carbonyl (C=O) groups is 1. The molecule has 0 unspecified atom stereocenters. The minimum Gasteiger partial charge on any atom is -0.496 e. The first-order chi connectivity index (χ1) is 7.86. The number of hydrogen-bond donors (Lipinski definition) is 1. The van der Waals surface area contributed by atoms with Crippen LogP contribution in [0.25, 0.3) is 0 Å². The molecule has 3 nitrogen and oxygen atoms in total. The largest absolute Gasteiger partial charge is 0.496 e. The van der Waals surface area contributed by atoms with E-state index in [1.807, 2.05) is 18.2 Å². The normalized spacial score (nSPS) is 11.3. The number of thioether (sulfide) groups is 1. The van der Waals surface area contributed by atoms with Crippen LogP contribution in [0.4, 0.5) is 0 Å². The predicted octanol–water partition coefficient (Wildman–Crippen LogP) is 3.55. The summed E-state index contributed by atoms with van der Waals surface area (Å²) in [6.07, 6.45) is 0. The fourth-order valence-corrected chi connectivity index (χ4v) is 2.45. The van der Waals surface area contributed by atoms with E-state index < -0.39 is 10.7 Å². The summed E-state index contributed by atoms with van der Waals surface area (Å²) in [4.78, 5) is 11.0. The number of benzene rings is 1. The van der Waals surface area contributed by atoms with E-state index in [0.717, 1.165) is 15.8 Å². The molecule has 0 amide bonds. The van der Waals surface area contributed by atoms with Gasteiger partial charge in [0.2, 0.25) is 0 Å². The van der Waals surface area contributed by atoms with E-state index in [1.54, 1.807) is 21.0 Å². The fraction of sp³-hybridized carbons (Fsp3) is 0.417. The molecule has 0 heterocycles. The van der Waals surface area contributed by atoms with Gasteiger partial charge in [0.05, 0.1) is 7.11 Å². The first-order valence-electron chi connectivity index (χ1n) is 5.06. The molecule has 0 saturated heterocycles. The van der Waals surface area contributed by atoms with Crippen LogP contribution in [0.2, 0.25) is 0 Å². The van der Waals surface area contributed by atoms with Crippen molar-refractivity contribution in [2.75, 3.05) is 7.11 Å². The summed E-state index contributed by atoms with van der Waals surface area (Å²) in [6.45, 7) is 3.40. The lowest BCUT2D eigenvalue weighted by Gasteiger charge is -2.19. The van der Waals surface area contributed by atoms with Crippen LogP contribution in [-0.4, -0.2) is 22.9 Å². The molecular weight excluding hydrogens is 304 g/mol. The summed E-state index contributed by atoms with van der Waals surface area (Å²) in [5.41, 5.74) is 0.987. The Bertz CT molecular complexity index is 418.